The maximum atomic E-state index is 13.0. The Balaban J connectivity index is 1.37. The highest BCUT2D eigenvalue weighted by Gasteiger charge is 2.39. The Morgan fingerprint density at radius 2 is 1.84 bits per heavy atom. The van der Waals surface area contributed by atoms with Gasteiger partial charge < -0.3 is 4.74 Å². The van der Waals surface area contributed by atoms with Crippen LogP contribution in [-0.2, 0) is 27.8 Å². The summed E-state index contributed by atoms with van der Waals surface area (Å²) in [5, 5.41) is 0. The number of ketones is 1. The molecule has 1 aromatic heterocycles. The fourth-order valence-electron chi connectivity index (χ4n) is 3.87. The van der Waals surface area contributed by atoms with Crippen LogP contribution >= 0.6 is 22.9 Å². The lowest BCUT2D eigenvalue weighted by Crippen LogP contribution is -2.40. The average Bonchev–Trinajstić information content (AvgIpc) is 3.47. The summed E-state index contributed by atoms with van der Waals surface area (Å²) < 4.78 is 33.8. The third-order valence-electron chi connectivity index (χ3n) is 5.49. The summed E-state index contributed by atoms with van der Waals surface area (Å²) in [6.45, 7) is 0.835. The Morgan fingerprint density at radius 1 is 1.06 bits per heavy atom. The van der Waals surface area contributed by atoms with Gasteiger partial charge in [-0.2, -0.15) is 4.31 Å². The number of Topliss-reactive ketones (excluding diaryl/α,β-unsaturated/α-hetero) is 1. The SMILES string of the molecule is O=C(CCc1cccc(OCc2ccccc2)c1)[C@@H]1CCCN1S(=O)(=O)c1ccc(Cl)s1. The first-order valence-corrected chi connectivity index (χ1v) is 13.1. The fourth-order valence-corrected chi connectivity index (χ4v) is 7.16. The van der Waals surface area contributed by atoms with Gasteiger partial charge in [0.15, 0.2) is 5.78 Å². The summed E-state index contributed by atoms with van der Waals surface area (Å²) in [5.41, 5.74) is 2.07. The van der Waals surface area contributed by atoms with Crippen LogP contribution in [0.3, 0.4) is 0 Å². The molecule has 2 aromatic carbocycles. The summed E-state index contributed by atoms with van der Waals surface area (Å²) in [5.74, 6) is 0.697. The zero-order chi connectivity index (χ0) is 22.6. The molecule has 1 fully saturated rings. The lowest BCUT2D eigenvalue weighted by molar-refractivity contribution is -0.122. The van der Waals surface area contributed by atoms with Gasteiger partial charge in [0.2, 0.25) is 0 Å². The Hall–Kier alpha value is -2.19. The quantitative estimate of drug-likeness (QED) is 0.407. The van der Waals surface area contributed by atoms with Gasteiger partial charge in [-0.1, -0.05) is 54.1 Å². The normalized spacial score (nSPS) is 16.8. The molecule has 0 spiro atoms. The van der Waals surface area contributed by atoms with E-state index in [-0.39, 0.29) is 16.4 Å². The lowest BCUT2D eigenvalue weighted by Gasteiger charge is -2.22. The standard InChI is InChI=1S/C24H24ClNO4S2/c25-23-13-14-24(31-23)32(28,29)26-15-5-10-21(26)22(27)12-11-18-8-4-9-20(16-18)30-17-19-6-2-1-3-7-19/h1-4,6-9,13-14,16,21H,5,10-12,15,17H2/t21-/m0/s1. The first kappa shape index (κ1) is 23.0. The van der Waals surface area contributed by atoms with Gasteiger partial charge in [-0.05, 0) is 54.7 Å². The minimum absolute atomic E-state index is 0.0515. The average molecular weight is 490 g/mol. The Kier molecular flexibility index (Phi) is 7.30. The van der Waals surface area contributed by atoms with E-state index in [1.165, 1.54) is 10.4 Å². The molecule has 0 N–H and O–H groups in total. The predicted octanol–water partition coefficient (Wildman–Crippen LogP) is 5.34. The van der Waals surface area contributed by atoms with E-state index in [1.54, 1.807) is 6.07 Å². The van der Waals surface area contributed by atoms with Gasteiger partial charge in [-0.3, -0.25) is 4.79 Å². The van der Waals surface area contributed by atoms with Crippen LogP contribution < -0.4 is 4.74 Å². The van der Waals surface area contributed by atoms with Crippen LogP contribution in [0.2, 0.25) is 4.34 Å². The smallest absolute Gasteiger partial charge is 0.253 e. The van der Waals surface area contributed by atoms with E-state index in [0.717, 1.165) is 28.2 Å². The van der Waals surface area contributed by atoms with Crippen LogP contribution in [0.5, 0.6) is 5.75 Å². The number of hydrogen-bond donors (Lipinski definition) is 0. The maximum absolute atomic E-state index is 13.0. The van der Waals surface area contributed by atoms with Crippen molar-refractivity contribution >= 4 is 38.7 Å². The summed E-state index contributed by atoms with van der Waals surface area (Å²) in [7, 11) is -3.71. The van der Waals surface area contributed by atoms with E-state index in [4.69, 9.17) is 16.3 Å². The fraction of sp³-hybridized carbons (Fsp3) is 0.292. The minimum atomic E-state index is -3.71. The number of carbonyl (C=O) groups is 1. The topological polar surface area (TPSA) is 63.7 Å². The molecule has 2 heterocycles. The molecule has 1 atom stereocenters. The van der Waals surface area contributed by atoms with Gasteiger partial charge in [0, 0.05) is 13.0 Å². The number of aryl methyl sites for hydroxylation is 1. The number of halogens is 1. The minimum Gasteiger partial charge on any atom is -0.489 e. The van der Waals surface area contributed by atoms with E-state index in [2.05, 4.69) is 0 Å². The predicted molar refractivity (Wildman–Crippen MR) is 127 cm³/mol. The second-order valence-electron chi connectivity index (χ2n) is 7.72. The molecule has 1 aliphatic heterocycles. The summed E-state index contributed by atoms with van der Waals surface area (Å²) in [6, 6.07) is 20.1. The number of nitrogens with zero attached hydrogens (tertiary/aromatic N) is 1. The summed E-state index contributed by atoms with van der Waals surface area (Å²) in [4.78, 5) is 12.9. The highest BCUT2D eigenvalue weighted by Crippen LogP contribution is 2.33. The molecule has 8 heteroatoms. The second-order valence-corrected chi connectivity index (χ2v) is 11.6. The van der Waals surface area contributed by atoms with Crippen LogP contribution in [0.1, 0.15) is 30.4 Å². The van der Waals surface area contributed by atoms with Crippen LogP contribution in [0, 0.1) is 0 Å². The molecule has 0 aliphatic carbocycles. The van der Waals surface area contributed by atoms with E-state index >= 15 is 0 Å². The van der Waals surface area contributed by atoms with Gasteiger partial charge >= 0.3 is 0 Å². The molecule has 0 unspecified atom stereocenters. The first-order valence-electron chi connectivity index (χ1n) is 10.5. The van der Waals surface area contributed by atoms with Crippen molar-refractivity contribution in [2.45, 2.75) is 42.5 Å². The zero-order valence-electron chi connectivity index (χ0n) is 17.4. The van der Waals surface area contributed by atoms with Crippen molar-refractivity contribution in [2.75, 3.05) is 6.54 Å². The van der Waals surface area contributed by atoms with E-state index < -0.39 is 16.1 Å². The van der Waals surface area contributed by atoms with Gasteiger partial charge in [0.1, 0.15) is 16.6 Å². The van der Waals surface area contributed by atoms with Crippen LogP contribution in [0.15, 0.2) is 70.9 Å². The molecule has 32 heavy (non-hydrogen) atoms. The zero-order valence-corrected chi connectivity index (χ0v) is 19.8. The molecule has 5 nitrogen and oxygen atoms in total. The number of ether oxygens (including phenoxy) is 1. The number of sulfonamides is 1. The molecule has 1 aliphatic rings. The highest BCUT2D eigenvalue weighted by molar-refractivity contribution is 7.91. The van der Waals surface area contributed by atoms with Crippen LogP contribution in [-0.4, -0.2) is 31.1 Å². The molecule has 168 valence electrons. The molecule has 0 bridgehead atoms. The number of thiophene rings is 1. The number of benzene rings is 2. The van der Waals surface area contributed by atoms with Gasteiger partial charge in [-0.25, -0.2) is 8.42 Å². The van der Waals surface area contributed by atoms with E-state index in [0.29, 0.717) is 36.8 Å². The molecular weight excluding hydrogens is 466 g/mol. The van der Waals surface area contributed by atoms with Gasteiger partial charge in [0.25, 0.3) is 10.0 Å². The van der Waals surface area contributed by atoms with E-state index in [9.17, 15) is 13.2 Å². The molecular formula is C24H24ClNO4S2. The van der Waals surface area contributed by atoms with Gasteiger partial charge in [-0.15, -0.1) is 11.3 Å². The monoisotopic (exact) mass is 489 g/mol. The summed E-state index contributed by atoms with van der Waals surface area (Å²) >= 11 is 6.94. The Labute approximate surface area is 197 Å². The summed E-state index contributed by atoms with van der Waals surface area (Å²) in [6.07, 6.45) is 2.05. The van der Waals surface area contributed by atoms with Crippen molar-refractivity contribution in [1.29, 1.82) is 0 Å². The van der Waals surface area contributed by atoms with Crippen molar-refractivity contribution in [3.63, 3.8) is 0 Å². The number of carbonyl (C=O) groups excluding carboxylic acids is 1. The van der Waals surface area contributed by atoms with Crippen molar-refractivity contribution in [2.24, 2.45) is 0 Å². The first-order chi connectivity index (χ1) is 15.4. The Bertz CT molecular complexity index is 1180. The number of rotatable bonds is 9. The van der Waals surface area contributed by atoms with Gasteiger partial charge in [0.05, 0.1) is 10.4 Å². The molecule has 4 rings (SSSR count). The van der Waals surface area contributed by atoms with Crippen LogP contribution in [0.25, 0.3) is 0 Å². The maximum Gasteiger partial charge on any atom is 0.253 e. The molecule has 3 aromatic rings. The molecule has 0 radical (unpaired) electrons. The third kappa shape index (κ3) is 5.41. The second kappa shape index (κ2) is 10.2. The van der Waals surface area contributed by atoms with Crippen molar-refractivity contribution in [1.82, 2.24) is 4.31 Å². The van der Waals surface area contributed by atoms with Crippen molar-refractivity contribution in [3.8, 4) is 5.75 Å². The largest absolute Gasteiger partial charge is 0.489 e. The molecule has 0 amide bonds. The van der Waals surface area contributed by atoms with Crippen molar-refractivity contribution in [3.05, 3.63) is 82.2 Å². The molecule has 1 saturated heterocycles. The van der Waals surface area contributed by atoms with E-state index in [1.807, 2.05) is 54.6 Å². The third-order valence-corrected chi connectivity index (χ3v) is 9.10. The lowest BCUT2D eigenvalue weighted by atomic mass is 10.0. The van der Waals surface area contributed by atoms with Crippen molar-refractivity contribution < 1.29 is 17.9 Å². The van der Waals surface area contributed by atoms with Crippen LogP contribution in [0.4, 0.5) is 0 Å². The number of hydrogen-bond acceptors (Lipinski definition) is 5. The molecule has 0 saturated carbocycles. The Morgan fingerprint density at radius 3 is 2.59 bits per heavy atom. The highest BCUT2D eigenvalue weighted by atomic mass is 35.5.